The highest BCUT2D eigenvalue weighted by Gasteiger charge is 2.47. The molecule has 1 aromatic heterocycles. The van der Waals surface area contributed by atoms with Crippen LogP contribution in [0.3, 0.4) is 0 Å². The summed E-state index contributed by atoms with van der Waals surface area (Å²) in [6.07, 6.45) is 0. The summed E-state index contributed by atoms with van der Waals surface area (Å²) in [4.78, 5) is 5.17. The lowest BCUT2D eigenvalue weighted by atomic mass is 9.43. The van der Waals surface area contributed by atoms with E-state index in [1.807, 2.05) is 0 Å². The van der Waals surface area contributed by atoms with E-state index in [1.165, 1.54) is 111 Å². The fourth-order valence-electron chi connectivity index (χ4n) is 11.2. The van der Waals surface area contributed by atoms with E-state index >= 15 is 0 Å². The van der Waals surface area contributed by atoms with E-state index in [4.69, 9.17) is 0 Å². The Bertz CT molecular complexity index is 3430. The van der Waals surface area contributed by atoms with Crippen molar-refractivity contribution in [2.24, 2.45) is 0 Å². The zero-order valence-electron chi connectivity index (χ0n) is 34.7. The molecule has 13 rings (SSSR count). The first kappa shape index (κ1) is 34.6. The molecule has 0 N–H and O–H groups in total. The summed E-state index contributed by atoms with van der Waals surface area (Å²) in [6.45, 7) is 9.16. The predicted octanol–water partition coefficient (Wildman–Crippen LogP) is 13.6. The molecule has 4 heteroatoms. The molecule has 2 aliphatic heterocycles. The van der Waals surface area contributed by atoms with Crippen molar-refractivity contribution >= 4 is 78.8 Å². The molecule has 9 aromatic carbocycles. The van der Waals surface area contributed by atoms with Gasteiger partial charge in [-0.05, 0) is 136 Å². The first-order valence-corrected chi connectivity index (χ1v) is 21.5. The Labute approximate surface area is 356 Å². The first-order chi connectivity index (χ1) is 29.8. The summed E-state index contributed by atoms with van der Waals surface area (Å²) in [7, 11) is 0. The van der Waals surface area contributed by atoms with Gasteiger partial charge in [0.1, 0.15) is 0 Å². The van der Waals surface area contributed by atoms with Gasteiger partial charge < -0.3 is 14.3 Å². The summed E-state index contributed by atoms with van der Waals surface area (Å²) in [5.41, 5.74) is 22.7. The van der Waals surface area contributed by atoms with Gasteiger partial charge in [-0.15, -0.1) is 0 Å². The average Bonchev–Trinajstić information content (AvgIpc) is 3.73. The highest BCUT2D eigenvalue weighted by Crippen LogP contribution is 2.56. The van der Waals surface area contributed by atoms with Crippen LogP contribution in [-0.2, 0) is 5.41 Å². The molecule has 0 bridgehead atoms. The van der Waals surface area contributed by atoms with Crippen molar-refractivity contribution in [2.75, 3.05) is 9.71 Å². The van der Waals surface area contributed by atoms with Crippen molar-refractivity contribution in [3.8, 4) is 27.9 Å². The molecule has 0 saturated carbocycles. The third-order valence-electron chi connectivity index (χ3n) is 14.0. The van der Waals surface area contributed by atoms with Crippen LogP contribution in [0.4, 0.5) is 28.4 Å². The van der Waals surface area contributed by atoms with Crippen molar-refractivity contribution < 1.29 is 0 Å². The van der Waals surface area contributed by atoms with Gasteiger partial charge in [-0.3, -0.25) is 0 Å². The minimum Gasteiger partial charge on any atom is -0.376 e. The van der Waals surface area contributed by atoms with Gasteiger partial charge in [0, 0.05) is 50.2 Å². The quantitative estimate of drug-likeness (QED) is 0.165. The van der Waals surface area contributed by atoms with Crippen molar-refractivity contribution in [1.82, 2.24) is 4.57 Å². The van der Waals surface area contributed by atoms with Crippen molar-refractivity contribution in [1.29, 1.82) is 0 Å². The molecule has 0 amide bonds. The van der Waals surface area contributed by atoms with Crippen LogP contribution in [0, 0.1) is 13.8 Å². The third-order valence-corrected chi connectivity index (χ3v) is 14.0. The first-order valence-electron chi connectivity index (χ1n) is 21.5. The second-order valence-electron chi connectivity index (χ2n) is 17.9. The van der Waals surface area contributed by atoms with Crippen molar-refractivity contribution in [2.45, 2.75) is 33.1 Å². The lowest BCUT2D eigenvalue weighted by Gasteiger charge is -2.43. The number of aromatic nitrogens is 1. The van der Waals surface area contributed by atoms with Gasteiger partial charge in [-0.1, -0.05) is 134 Å². The number of fused-ring (bicyclic) bond motifs is 12. The van der Waals surface area contributed by atoms with Gasteiger partial charge in [-0.2, -0.15) is 0 Å². The maximum absolute atomic E-state index is 2.67. The molecular formula is C57H42BN3. The molecule has 61 heavy (non-hydrogen) atoms. The van der Waals surface area contributed by atoms with Gasteiger partial charge in [0.15, 0.2) is 0 Å². The van der Waals surface area contributed by atoms with Gasteiger partial charge in [-0.25, -0.2) is 0 Å². The minimum atomic E-state index is -0.157. The average molecular weight is 780 g/mol. The van der Waals surface area contributed by atoms with Crippen LogP contribution in [0.25, 0.3) is 60.5 Å². The Hall–Kier alpha value is -7.30. The van der Waals surface area contributed by atoms with Gasteiger partial charge >= 0.3 is 6.85 Å². The fraction of sp³-hybridized carbons (Fsp3) is 0.0877. The number of nitrogens with zero attached hydrogens (tertiary/aromatic N) is 3. The molecule has 0 radical (unpaired) electrons. The number of benzene rings is 9. The molecule has 0 fully saturated rings. The topological polar surface area (TPSA) is 11.4 Å². The Morgan fingerprint density at radius 1 is 0.508 bits per heavy atom. The molecular weight excluding hydrogens is 737 g/mol. The molecule has 3 heterocycles. The highest BCUT2D eigenvalue weighted by molar-refractivity contribution is 6.93. The van der Waals surface area contributed by atoms with Crippen LogP contribution in [0.5, 0.6) is 0 Å². The number of rotatable bonds is 4. The number of aryl methyl sites for hydroxylation is 2. The monoisotopic (exact) mass is 779 g/mol. The molecule has 0 unspecified atom stereocenters. The molecule has 1 aliphatic carbocycles. The number of para-hydroxylation sites is 2. The predicted molar refractivity (Wildman–Crippen MR) is 259 cm³/mol. The largest absolute Gasteiger partial charge is 0.376 e. The van der Waals surface area contributed by atoms with E-state index in [-0.39, 0.29) is 12.3 Å². The Balaban J connectivity index is 1.26. The smallest absolute Gasteiger partial charge is 0.333 e. The zero-order chi connectivity index (χ0) is 40.7. The summed E-state index contributed by atoms with van der Waals surface area (Å²) in [5, 5.41) is 5.01. The second kappa shape index (κ2) is 12.4. The molecule has 3 nitrogen and oxygen atoms in total. The van der Waals surface area contributed by atoms with E-state index < -0.39 is 0 Å². The molecule has 0 spiro atoms. The standard InChI is InChI=1S/C57H42BN3/c1-35-23-26-41(27-24-35)61-52-33-43-42-21-13-14-22-47(42)57(3,4)48(43)32-44(52)45-34-53(59(39-17-7-5-8-18-39)40-19-9-6-10-20-40)54-46-30-37-15-11-12-16-38(37)31-51(46)60-50-28-25-36(2)29-49(50)58(61)55(45)56(54)60/h5-34H,1-4H3. The fourth-order valence-corrected chi connectivity index (χ4v) is 11.2. The van der Waals surface area contributed by atoms with Crippen LogP contribution < -0.4 is 20.6 Å². The van der Waals surface area contributed by atoms with Crippen LogP contribution in [-0.4, -0.2) is 11.4 Å². The normalized spacial score (nSPS) is 14.0. The number of hydrogen-bond donors (Lipinski definition) is 0. The SMILES string of the molecule is Cc1ccc(N2B3c4cc(C)ccc4-n4c5cc6ccccc6cc5c5c(N(c6ccccc6)c6ccccc6)cc(c3c54)-c3cc4c(cc32)-c2ccccc2C4(C)C)cc1. The van der Waals surface area contributed by atoms with Crippen LogP contribution >= 0.6 is 0 Å². The van der Waals surface area contributed by atoms with E-state index in [9.17, 15) is 0 Å². The maximum Gasteiger partial charge on any atom is 0.333 e. The Morgan fingerprint density at radius 3 is 1.90 bits per heavy atom. The molecule has 10 aromatic rings. The van der Waals surface area contributed by atoms with Gasteiger partial charge in [0.25, 0.3) is 0 Å². The van der Waals surface area contributed by atoms with Crippen molar-refractivity contribution in [3.63, 3.8) is 0 Å². The molecule has 3 aliphatic rings. The Morgan fingerprint density at radius 2 is 1.16 bits per heavy atom. The Kier molecular flexibility index (Phi) is 7.01. The summed E-state index contributed by atoms with van der Waals surface area (Å²) >= 11 is 0. The van der Waals surface area contributed by atoms with Gasteiger partial charge in [0.05, 0.1) is 16.7 Å². The lowest BCUT2D eigenvalue weighted by Crippen LogP contribution is -2.60. The minimum absolute atomic E-state index is 0.0764. The lowest BCUT2D eigenvalue weighted by molar-refractivity contribution is 0.660. The van der Waals surface area contributed by atoms with E-state index in [0.29, 0.717) is 0 Å². The number of anilines is 5. The second-order valence-corrected chi connectivity index (χ2v) is 17.9. The van der Waals surface area contributed by atoms with Crippen LogP contribution in [0.1, 0.15) is 36.1 Å². The van der Waals surface area contributed by atoms with E-state index in [0.717, 1.165) is 11.4 Å². The molecule has 288 valence electrons. The summed E-state index contributed by atoms with van der Waals surface area (Å²) in [6, 6.07) is 68.6. The summed E-state index contributed by atoms with van der Waals surface area (Å²) < 4.78 is 2.62. The van der Waals surface area contributed by atoms with E-state index in [1.54, 1.807) is 0 Å². The highest BCUT2D eigenvalue weighted by atomic mass is 15.2. The van der Waals surface area contributed by atoms with Crippen LogP contribution in [0.2, 0.25) is 0 Å². The third kappa shape index (κ3) is 4.71. The number of hydrogen-bond acceptors (Lipinski definition) is 2. The maximum atomic E-state index is 2.67. The van der Waals surface area contributed by atoms with Gasteiger partial charge in [0.2, 0.25) is 0 Å². The molecule has 0 saturated heterocycles. The van der Waals surface area contributed by atoms with Crippen molar-refractivity contribution in [3.05, 3.63) is 204 Å². The van der Waals surface area contributed by atoms with E-state index in [2.05, 4.69) is 224 Å². The zero-order valence-corrected chi connectivity index (χ0v) is 34.7. The molecule has 0 atom stereocenters. The van der Waals surface area contributed by atoms with Crippen LogP contribution in [0.15, 0.2) is 182 Å². The summed E-state index contributed by atoms with van der Waals surface area (Å²) in [5.74, 6) is 0.